The molecular formula is C23H37NO5. The van der Waals surface area contributed by atoms with Crippen LogP contribution in [-0.2, 0) is 19.1 Å². The highest BCUT2D eigenvalue weighted by atomic mass is 16.5. The zero-order valence-corrected chi connectivity index (χ0v) is 18.7. The highest BCUT2D eigenvalue weighted by Crippen LogP contribution is 2.45. The minimum absolute atomic E-state index is 0.127. The van der Waals surface area contributed by atoms with Crippen molar-refractivity contribution < 1.29 is 24.2 Å². The monoisotopic (exact) mass is 407 g/mol. The number of ether oxygens (including phenoxy) is 1. The molecule has 2 aliphatic rings. The molecule has 2 fully saturated rings. The van der Waals surface area contributed by atoms with E-state index < -0.39 is 28.9 Å². The Morgan fingerprint density at radius 2 is 1.69 bits per heavy atom. The predicted molar refractivity (Wildman–Crippen MR) is 111 cm³/mol. The number of hydrogen-bond donors (Lipinski definition) is 1. The molecule has 1 amide bonds. The SMILES string of the molecule is CCCCCCCCC/C(O)=C1/C(=O)N2[C@@H](C(C)(C)C)OC[C@]2(C(=O)CC)C1=O. The number of rotatable bonds is 10. The lowest BCUT2D eigenvalue weighted by atomic mass is 9.86. The number of hydrogen-bond acceptors (Lipinski definition) is 5. The van der Waals surface area contributed by atoms with E-state index in [1.807, 2.05) is 20.8 Å². The minimum Gasteiger partial charge on any atom is -0.511 e. The van der Waals surface area contributed by atoms with Gasteiger partial charge in [0.05, 0.1) is 6.61 Å². The summed E-state index contributed by atoms with van der Waals surface area (Å²) in [6.45, 7) is 9.43. The Morgan fingerprint density at radius 1 is 1.10 bits per heavy atom. The van der Waals surface area contributed by atoms with Crippen molar-refractivity contribution in [3.63, 3.8) is 0 Å². The van der Waals surface area contributed by atoms with Gasteiger partial charge in [-0.3, -0.25) is 19.3 Å². The molecule has 0 aromatic carbocycles. The van der Waals surface area contributed by atoms with Crippen molar-refractivity contribution in [2.75, 3.05) is 6.61 Å². The maximum atomic E-state index is 13.3. The summed E-state index contributed by atoms with van der Waals surface area (Å²) in [5.41, 5.74) is -2.29. The fraction of sp³-hybridized carbons (Fsp3) is 0.783. The lowest BCUT2D eigenvalue weighted by molar-refractivity contribution is -0.146. The molecule has 1 N–H and O–H groups in total. The van der Waals surface area contributed by atoms with Crippen molar-refractivity contribution in [1.29, 1.82) is 0 Å². The van der Waals surface area contributed by atoms with Crippen molar-refractivity contribution >= 4 is 17.5 Å². The van der Waals surface area contributed by atoms with Crippen LogP contribution in [0.2, 0.25) is 0 Å². The molecule has 0 saturated carbocycles. The van der Waals surface area contributed by atoms with Gasteiger partial charge in [0.1, 0.15) is 17.6 Å². The van der Waals surface area contributed by atoms with E-state index in [9.17, 15) is 19.5 Å². The summed E-state index contributed by atoms with van der Waals surface area (Å²) in [5, 5.41) is 10.6. The van der Waals surface area contributed by atoms with Crippen molar-refractivity contribution in [1.82, 2.24) is 4.90 Å². The third-order valence-electron chi connectivity index (χ3n) is 5.96. The number of unbranched alkanes of at least 4 members (excludes halogenated alkanes) is 6. The minimum atomic E-state index is -1.62. The number of carbonyl (C=O) groups is 3. The molecule has 0 spiro atoms. The van der Waals surface area contributed by atoms with Crippen molar-refractivity contribution in [2.45, 2.75) is 104 Å². The van der Waals surface area contributed by atoms with E-state index in [0.29, 0.717) is 0 Å². The first kappa shape index (κ1) is 23.6. The van der Waals surface area contributed by atoms with Crippen LogP contribution in [0.25, 0.3) is 0 Å². The fourth-order valence-electron chi connectivity index (χ4n) is 4.32. The second-order valence-corrected chi connectivity index (χ2v) is 9.36. The van der Waals surface area contributed by atoms with Gasteiger partial charge in [-0.15, -0.1) is 0 Å². The maximum Gasteiger partial charge on any atom is 0.264 e. The number of aliphatic hydroxyl groups excluding tert-OH is 1. The molecule has 6 nitrogen and oxygen atoms in total. The smallest absolute Gasteiger partial charge is 0.264 e. The number of Topliss-reactive ketones (excluding diaryl/α,β-unsaturated/α-hetero) is 2. The van der Waals surface area contributed by atoms with E-state index in [1.54, 1.807) is 6.92 Å². The maximum absolute atomic E-state index is 13.3. The Bertz CT molecular complexity index is 675. The average Bonchev–Trinajstić information content (AvgIpc) is 3.16. The van der Waals surface area contributed by atoms with Gasteiger partial charge in [0, 0.05) is 18.3 Å². The lowest BCUT2D eigenvalue weighted by Crippen LogP contribution is -2.57. The van der Waals surface area contributed by atoms with Gasteiger partial charge >= 0.3 is 0 Å². The molecule has 0 radical (unpaired) electrons. The topological polar surface area (TPSA) is 83.9 Å². The van der Waals surface area contributed by atoms with Crippen LogP contribution in [0.1, 0.15) is 92.4 Å². The molecule has 2 rings (SSSR count). The molecular weight excluding hydrogens is 370 g/mol. The van der Waals surface area contributed by atoms with Crippen LogP contribution in [0, 0.1) is 5.41 Å². The molecule has 0 aliphatic carbocycles. The van der Waals surface area contributed by atoms with E-state index >= 15 is 0 Å². The van der Waals surface area contributed by atoms with Crippen LogP contribution in [0.4, 0.5) is 0 Å². The van der Waals surface area contributed by atoms with E-state index in [4.69, 9.17) is 4.74 Å². The summed E-state index contributed by atoms with van der Waals surface area (Å²) in [7, 11) is 0. The van der Waals surface area contributed by atoms with Gasteiger partial charge in [0.15, 0.2) is 11.3 Å². The van der Waals surface area contributed by atoms with Crippen LogP contribution in [-0.4, -0.2) is 45.9 Å². The van der Waals surface area contributed by atoms with Crippen LogP contribution in [0.15, 0.2) is 11.3 Å². The molecule has 0 bridgehead atoms. The molecule has 6 heteroatoms. The average molecular weight is 408 g/mol. The second-order valence-electron chi connectivity index (χ2n) is 9.36. The first-order valence-electron chi connectivity index (χ1n) is 11.1. The lowest BCUT2D eigenvalue weighted by Gasteiger charge is -2.35. The number of nitrogens with zero attached hydrogens (tertiary/aromatic N) is 1. The molecule has 2 aliphatic heterocycles. The first-order chi connectivity index (χ1) is 13.6. The van der Waals surface area contributed by atoms with E-state index in [1.165, 1.54) is 24.2 Å². The summed E-state index contributed by atoms with van der Waals surface area (Å²) >= 11 is 0. The third-order valence-corrected chi connectivity index (χ3v) is 5.96. The Kier molecular flexibility index (Phi) is 7.66. The fourth-order valence-corrected chi connectivity index (χ4v) is 4.32. The van der Waals surface area contributed by atoms with Crippen LogP contribution < -0.4 is 0 Å². The first-order valence-corrected chi connectivity index (χ1v) is 11.1. The Morgan fingerprint density at radius 3 is 2.24 bits per heavy atom. The largest absolute Gasteiger partial charge is 0.511 e. The van der Waals surface area contributed by atoms with Gasteiger partial charge in [0.2, 0.25) is 5.78 Å². The van der Waals surface area contributed by atoms with Gasteiger partial charge in [-0.2, -0.15) is 0 Å². The number of carbonyl (C=O) groups excluding carboxylic acids is 3. The molecule has 0 aromatic heterocycles. The van der Waals surface area contributed by atoms with Gasteiger partial charge in [0.25, 0.3) is 5.91 Å². The summed E-state index contributed by atoms with van der Waals surface area (Å²) in [4.78, 5) is 40.5. The zero-order valence-electron chi connectivity index (χ0n) is 18.7. The highest BCUT2D eigenvalue weighted by molar-refractivity contribution is 6.36. The number of amides is 1. The van der Waals surface area contributed by atoms with E-state index in [0.717, 1.165) is 25.7 Å². The molecule has 0 unspecified atom stereocenters. The number of allylic oxidation sites excluding steroid dienone is 1. The van der Waals surface area contributed by atoms with E-state index in [-0.39, 0.29) is 36.6 Å². The molecule has 2 atom stereocenters. The van der Waals surface area contributed by atoms with Gasteiger partial charge < -0.3 is 9.84 Å². The predicted octanol–water partition coefficient (Wildman–Crippen LogP) is 4.47. The quantitative estimate of drug-likeness (QED) is 0.190. The summed E-state index contributed by atoms with van der Waals surface area (Å²) in [6.07, 6.45) is 7.28. The Balaban J connectivity index is 2.20. The Labute approximate surface area is 174 Å². The Hall–Kier alpha value is -1.69. The summed E-state index contributed by atoms with van der Waals surface area (Å²) < 4.78 is 5.78. The van der Waals surface area contributed by atoms with Crippen LogP contribution in [0.3, 0.4) is 0 Å². The summed E-state index contributed by atoms with van der Waals surface area (Å²) in [6, 6.07) is 0. The van der Waals surface area contributed by atoms with E-state index in [2.05, 4.69) is 6.92 Å². The number of ketones is 2. The zero-order chi connectivity index (χ0) is 21.8. The van der Waals surface area contributed by atoms with Crippen LogP contribution in [0.5, 0.6) is 0 Å². The number of aliphatic hydroxyl groups is 1. The van der Waals surface area contributed by atoms with Crippen molar-refractivity contribution in [2.24, 2.45) is 5.41 Å². The molecule has 29 heavy (non-hydrogen) atoms. The van der Waals surface area contributed by atoms with Gasteiger partial charge in [-0.1, -0.05) is 73.1 Å². The second kappa shape index (κ2) is 9.41. The van der Waals surface area contributed by atoms with Crippen LogP contribution >= 0.6 is 0 Å². The molecule has 2 heterocycles. The third kappa shape index (κ3) is 4.42. The molecule has 0 aromatic rings. The standard InChI is InChI=1S/C23H37NO5/c1-6-8-9-10-11-12-13-14-16(25)18-19(27)23(17(26)7-2)15-29-21(22(3,4)5)24(23)20(18)28/h21,25H,6-15H2,1-5H3/b18-16-/t21-,23+/m1/s1. The van der Waals surface area contributed by atoms with Gasteiger partial charge in [-0.25, -0.2) is 0 Å². The normalized spacial score (nSPS) is 26.2. The van der Waals surface area contributed by atoms with Crippen molar-refractivity contribution in [3.8, 4) is 0 Å². The van der Waals surface area contributed by atoms with Crippen molar-refractivity contribution in [3.05, 3.63) is 11.3 Å². The van der Waals surface area contributed by atoms with Gasteiger partial charge in [-0.05, 0) is 6.42 Å². The highest BCUT2D eigenvalue weighted by Gasteiger charge is 2.67. The molecule has 2 saturated heterocycles. The number of fused-ring (bicyclic) bond motifs is 1. The molecule has 164 valence electrons. The summed E-state index contributed by atoms with van der Waals surface area (Å²) in [5.74, 6) is -1.68.